The highest BCUT2D eigenvalue weighted by molar-refractivity contribution is 5.05. The third-order valence-electron chi connectivity index (χ3n) is 3.31. The lowest BCUT2D eigenvalue weighted by atomic mass is 9.83. The van der Waals surface area contributed by atoms with Gasteiger partial charge in [0.05, 0.1) is 17.6 Å². The van der Waals surface area contributed by atoms with Gasteiger partial charge in [0.1, 0.15) is 0 Å². The number of hydrogen-bond acceptors (Lipinski definition) is 3. The van der Waals surface area contributed by atoms with E-state index >= 15 is 0 Å². The van der Waals surface area contributed by atoms with Crippen LogP contribution in [-0.4, -0.2) is 35.2 Å². The number of β-amino-alcohol motifs (C(OH)–C–C–N with tert-alkyl or cyclic N) is 1. The van der Waals surface area contributed by atoms with Crippen molar-refractivity contribution >= 4 is 0 Å². The molecule has 1 rings (SSSR count). The number of aliphatic hydroxyl groups is 1. The molecule has 0 aromatic rings. The van der Waals surface area contributed by atoms with Crippen LogP contribution in [0, 0.1) is 17.2 Å². The summed E-state index contributed by atoms with van der Waals surface area (Å²) in [6.45, 7) is 4.78. The molecule has 1 aliphatic rings. The van der Waals surface area contributed by atoms with E-state index in [2.05, 4.69) is 24.8 Å². The van der Waals surface area contributed by atoms with Crippen LogP contribution in [0.15, 0.2) is 0 Å². The van der Waals surface area contributed by atoms with E-state index in [1.807, 2.05) is 7.05 Å². The van der Waals surface area contributed by atoms with E-state index in [1.54, 1.807) is 0 Å². The van der Waals surface area contributed by atoms with Gasteiger partial charge >= 0.3 is 0 Å². The lowest BCUT2D eigenvalue weighted by Crippen LogP contribution is -2.39. The van der Waals surface area contributed by atoms with Gasteiger partial charge in [0.2, 0.25) is 0 Å². The lowest BCUT2D eigenvalue weighted by Gasteiger charge is -2.27. The summed E-state index contributed by atoms with van der Waals surface area (Å²) in [5.41, 5.74) is -0.779. The predicted octanol–water partition coefficient (Wildman–Crippen LogP) is 1.38. The third kappa shape index (κ3) is 2.08. The van der Waals surface area contributed by atoms with Gasteiger partial charge in [0.15, 0.2) is 0 Å². The molecule has 14 heavy (non-hydrogen) atoms. The van der Waals surface area contributed by atoms with Gasteiger partial charge in [-0.05, 0) is 26.8 Å². The van der Waals surface area contributed by atoms with Crippen molar-refractivity contribution in [1.29, 1.82) is 5.26 Å². The molecule has 0 aliphatic carbocycles. The molecule has 3 nitrogen and oxygen atoms in total. The average Bonchev–Trinajstić information content (AvgIpc) is 2.38. The van der Waals surface area contributed by atoms with Crippen LogP contribution in [0.3, 0.4) is 0 Å². The Morgan fingerprint density at radius 2 is 2.36 bits per heavy atom. The second kappa shape index (κ2) is 4.29. The van der Waals surface area contributed by atoms with Gasteiger partial charge < -0.3 is 10.0 Å². The molecule has 1 aliphatic heterocycles. The number of nitrogens with zero attached hydrogens (tertiary/aromatic N) is 2. The van der Waals surface area contributed by atoms with Gasteiger partial charge in [0, 0.05) is 12.6 Å². The van der Waals surface area contributed by atoms with Gasteiger partial charge in [-0.15, -0.1) is 0 Å². The normalized spacial score (nSPS) is 35.5. The van der Waals surface area contributed by atoms with E-state index in [1.165, 1.54) is 0 Å². The van der Waals surface area contributed by atoms with E-state index in [4.69, 9.17) is 5.26 Å². The minimum Gasteiger partial charge on any atom is -0.387 e. The van der Waals surface area contributed by atoms with E-state index in [-0.39, 0.29) is 5.92 Å². The van der Waals surface area contributed by atoms with Crippen molar-refractivity contribution in [2.45, 2.75) is 44.8 Å². The van der Waals surface area contributed by atoms with Crippen LogP contribution in [0.2, 0.25) is 0 Å². The Kier molecular flexibility index (Phi) is 3.52. The molecular formula is C11H20N2O. The summed E-state index contributed by atoms with van der Waals surface area (Å²) in [7, 11) is 2.00. The van der Waals surface area contributed by atoms with Gasteiger partial charge in [-0.3, -0.25) is 0 Å². The maximum absolute atomic E-state index is 10.4. The molecule has 3 heteroatoms. The fraction of sp³-hybridized carbons (Fsp3) is 0.909. The standard InChI is InChI=1S/C11H20N2O/c1-4-5-10(7-12)11(14)6-9(2)13(3)8-11/h9-10,14H,4-6,8H2,1-3H3. The highest BCUT2D eigenvalue weighted by atomic mass is 16.3. The first-order chi connectivity index (χ1) is 6.53. The van der Waals surface area contributed by atoms with Gasteiger partial charge in [-0.1, -0.05) is 13.3 Å². The van der Waals surface area contributed by atoms with Crippen molar-refractivity contribution in [3.8, 4) is 6.07 Å². The number of hydrogen-bond donors (Lipinski definition) is 1. The molecule has 0 aromatic carbocycles. The summed E-state index contributed by atoms with van der Waals surface area (Å²) in [5.74, 6) is -0.208. The Morgan fingerprint density at radius 3 is 2.71 bits per heavy atom. The smallest absolute Gasteiger partial charge is 0.0946 e. The number of rotatable bonds is 3. The maximum atomic E-state index is 10.4. The molecule has 0 saturated carbocycles. The zero-order valence-electron chi connectivity index (χ0n) is 9.32. The van der Waals surface area contributed by atoms with Crippen LogP contribution in [0.4, 0.5) is 0 Å². The van der Waals surface area contributed by atoms with Crippen molar-refractivity contribution < 1.29 is 5.11 Å². The molecule has 3 unspecified atom stereocenters. The zero-order valence-corrected chi connectivity index (χ0v) is 9.32. The molecule has 1 heterocycles. The quantitative estimate of drug-likeness (QED) is 0.742. The van der Waals surface area contributed by atoms with E-state index in [9.17, 15) is 5.11 Å². The Labute approximate surface area is 86.3 Å². The van der Waals surface area contributed by atoms with Crippen LogP contribution in [0.1, 0.15) is 33.1 Å². The Balaban J connectivity index is 2.70. The van der Waals surface area contributed by atoms with E-state index in [0.29, 0.717) is 12.6 Å². The Morgan fingerprint density at radius 1 is 1.71 bits per heavy atom. The maximum Gasteiger partial charge on any atom is 0.0946 e. The minimum absolute atomic E-state index is 0.208. The lowest BCUT2D eigenvalue weighted by molar-refractivity contribution is 0.0103. The second-order valence-corrected chi connectivity index (χ2v) is 4.54. The van der Waals surface area contributed by atoms with Gasteiger partial charge in [0.25, 0.3) is 0 Å². The first-order valence-electron chi connectivity index (χ1n) is 5.35. The van der Waals surface area contributed by atoms with Crippen molar-refractivity contribution in [3.63, 3.8) is 0 Å². The van der Waals surface area contributed by atoms with E-state index < -0.39 is 5.60 Å². The van der Waals surface area contributed by atoms with Crippen molar-refractivity contribution in [1.82, 2.24) is 4.90 Å². The van der Waals surface area contributed by atoms with Crippen molar-refractivity contribution in [3.05, 3.63) is 0 Å². The molecule has 0 aromatic heterocycles. The first kappa shape index (κ1) is 11.5. The number of nitriles is 1. The Bertz CT molecular complexity index is 224. The summed E-state index contributed by atoms with van der Waals surface area (Å²) in [6, 6.07) is 2.63. The number of likely N-dealkylation sites (tertiary alicyclic amines) is 1. The predicted molar refractivity (Wildman–Crippen MR) is 55.7 cm³/mol. The fourth-order valence-electron chi connectivity index (χ4n) is 2.31. The van der Waals surface area contributed by atoms with Crippen molar-refractivity contribution in [2.75, 3.05) is 13.6 Å². The highest BCUT2D eigenvalue weighted by Crippen LogP contribution is 2.34. The topological polar surface area (TPSA) is 47.3 Å². The molecule has 0 amide bonds. The van der Waals surface area contributed by atoms with Crippen LogP contribution < -0.4 is 0 Å². The molecule has 1 saturated heterocycles. The molecule has 0 spiro atoms. The Hall–Kier alpha value is -0.590. The molecular weight excluding hydrogens is 176 g/mol. The zero-order chi connectivity index (χ0) is 10.8. The summed E-state index contributed by atoms with van der Waals surface area (Å²) < 4.78 is 0. The highest BCUT2D eigenvalue weighted by Gasteiger charge is 2.44. The molecule has 3 atom stereocenters. The minimum atomic E-state index is -0.779. The van der Waals surface area contributed by atoms with Crippen molar-refractivity contribution in [2.24, 2.45) is 5.92 Å². The molecule has 1 fully saturated rings. The number of likely N-dealkylation sites (N-methyl/N-ethyl adjacent to an activating group) is 1. The first-order valence-corrected chi connectivity index (χ1v) is 5.35. The molecule has 1 N–H and O–H groups in total. The van der Waals surface area contributed by atoms with E-state index in [0.717, 1.165) is 19.3 Å². The monoisotopic (exact) mass is 196 g/mol. The van der Waals surface area contributed by atoms with Crippen LogP contribution in [0.5, 0.6) is 0 Å². The largest absolute Gasteiger partial charge is 0.387 e. The second-order valence-electron chi connectivity index (χ2n) is 4.54. The van der Waals surface area contributed by atoms with Crippen LogP contribution in [-0.2, 0) is 0 Å². The summed E-state index contributed by atoms with van der Waals surface area (Å²) in [6.07, 6.45) is 2.48. The molecule has 0 radical (unpaired) electrons. The molecule has 0 bridgehead atoms. The summed E-state index contributed by atoms with van der Waals surface area (Å²) in [4.78, 5) is 2.12. The molecule has 80 valence electrons. The van der Waals surface area contributed by atoms with Gasteiger partial charge in [-0.2, -0.15) is 5.26 Å². The summed E-state index contributed by atoms with van der Waals surface area (Å²) in [5, 5.41) is 19.4. The SMILES string of the molecule is CCCC(C#N)C1(O)CC(C)N(C)C1. The summed E-state index contributed by atoms with van der Waals surface area (Å²) >= 11 is 0. The van der Waals surface area contributed by atoms with Crippen LogP contribution >= 0.6 is 0 Å². The van der Waals surface area contributed by atoms with Crippen LogP contribution in [0.25, 0.3) is 0 Å². The average molecular weight is 196 g/mol. The third-order valence-corrected chi connectivity index (χ3v) is 3.31. The van der Waals surface area contributed by atoms with Gasteiger partial charge in [-0.25, -0.2) is 0 Å². The fourth-order valence-corrected chi connectivity index (χ4v) is 2.31.